The van der Waals surface area contributed by atoms with E-state index in [0.29, 0.717) is 11.4 Å². The van der Waals surface area contributed by atoms with E-state index in [1.165, 1.54) is 44.5 Å². The fraction of sp³-hybridized carbons (Fsp3) is 0.0169. The Bertz CT molecular complexity index is 3450. The van der Waals surface area contributed by atoms with Gasteiger partial charge >= 0.3 is 0 Å². The number of benzene rings is 9. The second-order valence-corrected chi connectivity index (χ2v) is 16.4. The molecule has 2 heterocycles. The molecule has 288 valence electrons. The number of rotatable bonds is 5. The van der Waals surface area contributed by atoms with Gasteiger partial charge in [-0.25, -0.2) is 9.97 Å². The van der Waals surface area contributed by atoms with Crippen molar-refractivity contribution in [2.24, 2.45) is 0 Å². The number of aromatic nitrogens is 2. The lowest BCUT2D eigenvalue weighted by molar-refractivity contribution is 0.667. The van der Waals surface area contributed by atoms with Crippen molar-refractivity contribution in [1.82, 2.24) is 9.97 Å². The molecule has 2 aromatic heterocycles. The van der Waals surface area contributed by atoms with Gasteiger partial charge in [0, 0.05) is 16.5 Å². The van der Waals surface area contributed by atoms with Crippen LogP contribution < -0.4 is 0 Å². The van der Waals surface area contributed by atoms with Crippen LogP contribution in [-0.4, -0.2) is 9.97 Å². The molecular formula is C59H36N2O. The Morgan fingerprint density at radius 2 is 0.790 bits per heavy atom. The molecule has 0 unspecified atom stereocenters. The van der Waals surface area contributed by atoms with Crippen LogP contribution >= 0.6 is 0 Å². The van der Waals surface area contributed by atoms with Gasteiger partial charge in [0.2, 0.25) is 0 Å². The zero-order valence-corrected chi connectivity index (χ0v) is 33.6. The summed E-state index contributed by atoms with van der Waals surface area (Å²) in [5.41, 5.74) is 21.8. The maximum absolute atomic E-state index is 6.86. The maximum Gasteiger partial charge on any atom is 0.180 e. The van der Waals surface area contributed by atoms with Crippen LogP contribution in [0.5, 0.6) is 0 Å². The minimum Gasteiger partial charge on any atom is -0.452 e. The molecule has 0 radical (unpaired) electrons. The second-order valence-electron chi connectivity index (χ2n) is 16.4. The quantitative estimate of drug-likeness (QED) is 0.174. The molecule has 13 rings (SSSR count). The van der Waals surface area contributed by atoms with Gasteiger partial charge in [0.25, 0.3) is 0 Å². The lowest BCUT2D eigenvalue weighted by Crippen LogP contribution is -2.25. The average Bonchev–Trinajstić information content (AvgIpc) is 3.98. The summed E-state index contributed by atoms with van der Waals surface area (Å²) in [7, 11) is 0. The Morgan fingerprint density at radius 1 is 0.323 bits per heavy atom. The molecule has 11 aromatic rings. The Morgan fingerprint density at radius 3 is 1.37 bits per heavy atom. The van der Waals surface area contributed by atoms with E-state index in [0.717, 1.165) is 66.7 Å². The minimum absolute atomic E-state index is 0.416. The second kappa shape index (κ2) is 13.4. The standard InChI is InChI=1S/C59H36N2O/c1-4-16-37(17-5-1)42-32-43(38-18-6-2-7-19-38)34-44(33-42)55-57-56(61-58(60-55)39-20-8-3-9-21-39)49-35-40(29-31-54(49)62-57)41-28-30-48-47-24-12-15-27-52(47)59(53(48)36-41)50-25-13-10-22-45(50)46-23-11-14-26-51(46)59/h1-36H. The smallest absolute Gasteiger partial charge is 0.180 e. The van der Waals surface area contributed by atoms with Crippen molar-refractivity contribution in [2.75, 3.05) is 0 Å². The number of hydrogen-bond donors (Lipinski definition) is 0. The van der Waals surface area contributed by atoms with Crippen molar-refractivity contribution in [3.05, 3.63) is 241 Å². The van der Waals surface area contributed by atoms with Crippen molar-refractivity contribution in [3.63, 3.8) is 0 Å². The van der Waals surface area contributed by atoms with E-state index in [-0.39, 0.29) is 0 Å². The highest BCUT2D eigenvalue weighted by atomic mass is 16.3. The zero-order chi connectivity index (χ0) is 40.8. The summed E-state index contributed by atoms with van der Waals surface area (Å²) >= 11 is 0. The highest BCUT2D eigenvalue weighted by Gasteiger charge is 2.51. The van der Waals surface area contributed by atoms with Crippen LogP contribution in [-0.2, 0) is 5.41 Å². The minimum atomic E-state index is -0.416. The first-order valence-corrected chi connectivity index (χ1v) is 21.2. The van der Waals surface area contributed by atoms with Gasteiger partial charge in [0.1, 0.15) is 16.8 Å². The van der Waals surface area contributed by atoms with Gasteiger partial charge < -0.3 is 4.42 Å². The fourth-order valence-corrected chi connectivity index (χ4v) is 10.4. The molecule has 0 N–H and O–H groups in total. The van der Waals surface area contributed by atoms with Crippen LogP contribution in [0.4, 0.5) is 0 Å². The lowest BCUT2D eigenvalue weighted by Gasteiger charge is -2.30. The summed E-state index contributed by atoms with van der Waals surface area (Å²) in [6.45, 7) is 0. The third-order valence-electron chi connectivity index (χ3n) is 13.1. The molecule has 0 aliphatic heterocycles. The van der Waals surface area contributed by atoms with E-state index in [2.05, 4.69) is 200 Å². The van der Waals surface area contributed by atoms with Gasteiger partial charge in [-0.15, -0.1) is 0 Å². The molecule has 3 heteroatoms. The number of furan rings is 1. The average molecular weight is 789 g/mol. The molecule has 3 nitrogen and oxygen atoms in total. The van der Waals surface area contributed by atoms with E-state index in [1.54, 1.807) is 0 Å². The monoisotopic (exact) mass is 788 g/mol. The molecule has 0 saturated carbocycles. The molecule has 0 fully saturated rings. The van der Waals surface area contributed by atoms with Crippen LogP contribution in [0.15, 0.2) is 223 Å². The van der Waals surface area contributed by atoms with E-state index in [4.69, 9.17) is 14.4 Å². The van der Waals surface area contributed by atoms with E-state index in [9.17, 15) is 0 Å². The van der Waals surface area contributed by atoms with Crippen LogP contribution in [0.3, 0.4) is 0 Å². The molecule has 2 aliphatic rings. The SMILES string of the molecule is c1ccc(-c2cc(-c3ccccc3)cc(-c3nc(-c4ccccc4)nc4c3oc3ccc(-c5ccc6c(c5)C5(c7ccccc7-c7ccccc75)c5ccccc5-6)cc34)c2)cc1. The Labute approximate surface area is 359 Å². The van der Waals surface area contributed by atoms with E-state index < -0.39 is 5.41 Å². The molecule has 0 amide bonds. The van der Waals surface area contributed by atoms with Crippen LogP contribution in [0.1, 0.15) is 22.3 Å². The van der Waals surface area contributed by atoms with Gasteiger partial charge in [-0.05, 0) is 114 Å². The molecule has 0 bridgehead atoms. The Kier molecular flexibility index (Phi) is 7.52. The summed E-state index contributed by atoms with van der Waals surface area (Å²) in [6, 6.07) is 78.6. The lowest BCUT2D eigenvalue weighted by atomic mass is 9.70. The largest absolute Gasteiger partial charge is 0.452 e. The molecule has 1 spiro atoms. The first kappa shape index (κ1) is 34.7. The summed E-state index contributed by atoms with van der Waals surface area (Å²) in [4.78, 5) is 10.6. The molecule has 9 aromatic carbocycles. The highest BCUT2D eigenvalue weighted by molar-refractivity contribution is 6.09. The summed E-state index contributed by atoms with van der Waals surface area (Å²) in [5, 5.41) is 0.955. The van der Waals surface area contributed by atoms with Crippen LogP contribution in [0.25, 0.3) is 100 Å². The predicted octanol–water partition coefficient (Wildman–Crippen LogP) is 15.1. The van der Waals surface area contributed by atoms with Crippen molar-refractivity contribution in [1.29, 1.82) is 0 Å². The predicted molar refractivity (Wildman–Crippen MR) is 253 cm³/mol. The van der Waals surface area contributed by atoms with E-state index >= 15 is 0 Å². The van der Waals surface area contributed by atoms with Gasteiger partial charge in [-0.2, -0.15) is 0 Å². The first-order valence-electron chi connectivity index (χ1n) is 21.2. The number of fused-ring (bicyclic) bond motifs is 13. The first-order chi connectivity index (χ1) is 30.7. The van der Waals surface area contributed by atoms with Crippen molar-refractivity contribution in [2.45, 2.75) is 5.41 Å². The maximum atomic E-state index is 6.86. The number of hydrogen-bond acceptors (Lipinski definition) is 3. The molecular weight excluding hydrogens is 753 g/mol. The number of nitrogens with zero attached hydrogens (tertiary/aromatic N) is 2. The van der Waals surface area contributed by atoms with Gasteiger partial charge in [0.05, 0.1) is 5.41 Å². The van der Waals surface area contributed by atoms with Crippen LogP contribution in [0.2, 0.25) is 0 Å². The fourth-order valence-electron chi connectivity index (χ4n) is 10.4. The molecule has 62 heavy (non-hydrogen) atoms. The van der Waals surface area contributed by atoms with Crippen molar-refractivity contribution in [3.8, 4) is 78.3 Å². The molecule has 0 saturated heterocycles. The molecule has 0 atom stereocenters. The highest BCUT2D eigenvalue weighted by Crippen LogP contribution is 2.63. The van der Waals surface area contributed by atoms with Crippen molar-refractivity contribution < 1.29 is 4.42 Å². The van der Waals surface area contributed by atoms with Gasteiger partial charge in [-0.1, -0.05) is 182 Å². The zero-order valence-electron chi connectivity index (χ0n) is 33.6. The molecule has 2 aliphatic carbocycles. The van der Waals surface area contributed by atoms with E-state index in [1.807, 2.05) is 18.2 Å². The topological polar surface area (TPSA) is 38.9 Å². The van der Waals surface area contributed by atoms with Crippen LogP contribution in [0, 0.1) is 0 Å². The van der Waals surface area contributed by atoms with Crippen molar-refractivity contribution >= 4 is 22.1 Å². The Balaban J connectivity index is 1.03. The summed E-state index contributed by atoms with van der Waals surface area (Å²) in [5.74, 6) is 0.656. The third kappa shape index (κ3) is 5.06. The summed E-state index contributed by atoms with van der Waals surface area (Å²) < 4.78 is 6.86. The summed E-state index contributed by atoms with van der Waals surface area (Å²) in [6.07, 6.45) is 0. The third-order valence-corrected chi connectivity index (χ3v) is 13.1. The normalized spacial score (nSPS) is 13.0. The van der Waals surface area contributed by atoms with Gasteiger partial charge in [0.15, 0.2) is 11.4 Å². The Hall–Kier alpha value is -8.14. The van der Waals surface area contributed by atoms with Gasteiger partial charge in [-0.3, -0.25) is 0 Å².